The SMILES string of the molecule is Cc1ccc(S(=O)(=O)Oc2c(C)cc(C)cc2C2(c3cc(C)cc(C)c3OS(=O)(=O)c3ccc(C)cc3)c3ccccc3-c3ccccc32)cc1. The zero-order valence-electron chi connectivity index (χ0n) is 29.3. The summed E-state index contributed by atoms with van der Waals surface area (Å²) in [6.45, 7) is 11.4. The van der Waals surface area contributed by atoms with Gasteiger partial charge < -0.3 is 8.37 Å². The Bertz CT molecular complexity index is 2370. The van der Waals surface area contributed by atoms with Crippen LogP contribution in [-0.2, 0) is 25.7 Å². The lowest BCUT2D eigenvalue weighted by Crippen LogP contribution is -2.32. The number of fused-ring (bicyclic) bond motifs is 3. The molecule has 0 aliphatic heterocycles. The van der Waals surface area contributed by atoms with Gasteiger partial charge >= 0.3 is 20.2 Å². The van der Waals surface area contributed by atoms with E-state index >= 15 is 0 Å². The molecule has 0 amide bonds. The first-order valence-corrected chi connectivity index (χ1v) is 19.5. The van der Waals surface area contributed by atoms with E-state index in [1.54, 1.807) is 24.3 Å². The third kappa shape index (κ3) is 5.82. The van der Waals surface area contributed by atoms with Crippen LogP contribution >= 0.6 is 0 Å². The molecule has 0 fully saturated rings. The van der Waals surface area contributed by atoms with Gasteiger partial charge in [-0.2, -0.15) is 16.8 Å². The van der Waals surface area contributed by atoms with Crippen LogP contribution in [0.2, 0.25) is 0 Å². The van der Waals surface area contributed by atoms with Gasteiger partial charge in [-0.25, -0.2) is 0 Å². The van der Waals surface area contributed by atoms with Crippen molar-refractivity contribution in [1.82, 2.24) is 0 Å². The molecule has 8 heteroatoms. The summed E-state index contributed by atoms with van der Waals surface area (Å²) in [6.07, 6.45) is 0. The van der Waals surface area contributed by atoms with E-state index in [1.807, 2.05) is 114 Å². The topological polar surface area (TPSA) is 86.7 Å². The van der Waals surface area contributed by atoms with E-state index in [9.17, 15) is 16.8 Å². The lowest BCUT2D eigenvalue weighted by Gasteiger charge is -2.37. The van der Waals surface area contributed by atoms with Crippen LogP contribution in [0.4, 0.5) is 0 Å². The Hall–Kier alpha value is -5.18. The summed E-state index contributed by atoms with van der Waals surface area (Å²) in [5.74, 6) is 0.332. The van der Waals surface area contributed by atoms with E-state index in [4.69, 9.17) is 8.37 Å². The number of hydrogen-bond donors (Lipinski definition) is 0. The predicted octanol–water partition coefficient (Wildman–Crippen LogP) is 9.44. The zero-order chi connectivity index (χ0) is 36.3. The fourth-order valence-electron chi connectivity index (χ4n) is 7.37. The molecule has 0 radical (unpaired) electrons. The van der Waals surface area contributed by atoms with Crippen LogP contribution in [0.5, 0.6) is 11.5 Å². The third-order valence-electron chi connectivity index (χ3n) is 9.60. The summed E-state index contributed by atoms with van der Waals surface area (Å²) >= 11 is 0. The van der Waals surface area contributed by atoms with Gasteiger partial charge in [0.1, 0.15) is 9.79 Å². The highest BCUT2D eigenvalue weighted by molar-refractivity contribution is 7.87. The number of hydrogen-bond acceptors (Lipinski definition) is 6. The van der Waals surface area contributed by atoms with Crippen LogP contribution in [-0.4, -0.2) is 16.8 Å². The van der Waals surface area contributed by atoms with Gasteiger partial charge in [0.2, 0.25) is 0 Å². The molecular formula is C43H38O6S2. The fraction of sp³-hybridized carbons (Fsp3) is 0.163. The van der Waals surface area contributed by atoms with Crippen molar-refractivity contribution in [3.05, 3.63) is 177 Å². The minimum atomic E-state index is -4.30. The van der Waals surface area contributed by atoms with E-state index in [0.717, 1.165) is 44.5 Å². The van der Waals surface area contributed by atoms with Gasteiger partial charge in [-0.15, -0.1) is 0 Å². The minimum absolute atomic E-state index is 0.0277. The molecule has 0 N–H and O–H groups in total. The van der Waals surface area contributed by atoms with E-state index in [-0.39, 0.29) is 21.3 Å². The highest BCUT2D eigenvalue weighted by Gasteiger charge is 2.50. The zero-order valence-corrected chi connectivity index (χ0v) is 30.9. The second-order valence-corrected chi connectivity index (χ2v) is 16.6. The van der Waals surface area contributed by atoms with Gasteiger partial charge in [0.05, 0.1) is 5.41 Å². The van der Waals surface area contributed by atoms with Gasteiger partial charge in [0, 0.05) is 11.1 Å². The molecule has 1 aliphatic carbocycles. The van der Waals surface area contributed by atoms with E-state index in [1.165, 1.54) is 24.3 Å². The second kappa shape index (κ2) is 12.5. The third-order valence-corrected chi connectivity index (χ3v) is 12.1. The van der Waals surface area contributed by atoms with Crippen molar-refractivity contribution in [2.24, 2.45) is 0 Å². The molecular weight excluding hydrogens is 677 g/mol. The standard InChI is InChI=1S/C43H38O6S2/c1-27-15-19-33(20-16-27)50(44,45)48-41-31(5)23-29(3)25-39(41)43(37-13-9-7-11-35(37)36-12-8-10-14-38(36)43)40-26-30(4)24-32(6)42(40)49-51(46,47)34-21-17-28(2)18-22-34/h7-26H,1-6H3. The minimum Gasteiger partial charge on any atom is -0.378 e. The van der Waals surface area contributed by atoms with Gasteiger partial charge in [-0.3, -0.25) is 0 Å². The first kappa shape index (κ1) is 34.3. The maximum atomic E-state index is 14.1. The molecule has 0 unspecified atom stereocenters. The second-order valence-electron chi connectivity index (χ2n) is 13.5. The normalized spacial score (nSPS) is 13.4. The smallest absolute Gasteiger partial charge is 0.339 e. The number of aryl methyl sites for hydroxylation is 6. The van der Waals surface area contributed by atoms with Gasteiger partial charge in [-0.1, -0.05) is 119 Å². The van der Waals surface area contributed by atoms with Gasteiger partial charge in [0.15, 0.2) is 11.5 Å². The Labute approximate surface area is 300 Å². The molecule has 0 aromatic heterocycles. The van der Waals surface area contributed by atoms with E-state index in [2.05, 4.69) is 0 Å². The van der Waals surface area contributed by atoms with Crippen LogP contribution in [0.1, 0.15) is 55.6 Å². The molecule has 7 rings (SSSR count). The first-order valence-electron chi connectivity index (χ1n) is 16.7. The summed E-state index contributed by atoms with van der Waals surface area (Å²) in [5, 5.41) is 0. The number of rotatable bonds is 8. The molecule has 0 saturated carbocycles. The van der Waals surface area contributed by atoms with Crippen molar-refractivity contribution in [3.8, 4) is 22.6 Å². The molecule has 0 bridgehead atoms. The van der Waals surface area contributed by atoms with Gasteiger partial charge in [-0.05, 0) is 99.2 Å². The summed E-state index contributed by atoms with van der Waals surface area (Å²) in [5.41, 5.74) is 8.21. The molecule has 1 aliphatic rings. The Morgan fingerprint density at radius 1 is 0.412 bits per heavy atom. The molecule has 6 aromatic carbocycles. The maximum Gasteiger partial charge on any atom is 0.339 e. The molecule has 51 heavy (non-hydrogen) atoms. The van der Waals surface area contributed by atoms with Crippen molar-refractivity contribution >= 4 is 20.2 Å². The van der Waals surface area contributed by atoms with E-state index in [0.29, 0.717) is 22.3 Å². The van der Waals surface area contributed by atoms with E-state index < -0.39 is 25.7 Å². The Morgan fingerprint density at radius 2 is 0.765 bits per heavy atom. The lowest BCUT2D eigenvalue weighted by molar-refractivity contribution is 0.471. The quantitative estimate of drug-likeness (QED) is 0.146. The van der Waals surface area contributed by atoms with Crippen molar-refractivity contribution in [2.75, 3.05) is 0 Å². The van der Waals surface area contributed by atoms with Gasteiger partial charge in [0.25, 0.3) is 0 Å². The predicted molar refractivity (Wildman–Crippen MR) is 201 cm³/mol. The monoisotopic (exact) mass is 714 g/mol. The van der Waals surface area contributed by atoms with Crippen molar-refractivity contribution < 1.29 is 25.2 Å². The van der Waals surface area contributed by atoms with Crippen LogP contribution in [0.3, 0.4) is 0 Å². The average molecular weight is 715 g/mol. The molecule has 258 valence electrons. The largest absolute Gasteiger partial charge is 0.378 e. The summed E-state index contributed by atoms with van der Waals surface area (Å²) < 4.78 is 68.7. The molecule has 0 atom stereocenters. The van der Waals surface area contributed by atoms with Crippen molar-refractivity contribution in [2.45, 2.75) is 56.7 Å². The summed E-state index contributed by atoms with van der Waals surface area (Å²) in [7, 11) is -8.61. The first-order chi connectivity index (χ1) is 24.2. The van der Waals surface area contributed by atoms with Crippen molar-refractivity contribution in [3.63, 3.8) is 0 Å². The molecule has 0 spiro atoms. The Balaban J connectivity index is 1.59. The summed E-state index contributed by atoms with van der Waals surface area (Å²) in [6, 6.07) is 36.7. The molecule has 0 heterocycles. The Kier molecular flexibility index (Phi) is 8.43. The molecule has 0 saturated heterocycles. The highest BCUT2D eigenvalue weighted by Crippen LogP contribution is 2.60. The van der Waals surface area contributed by atoms with Crippen LogP contribution in [0, 0.1) is 41.5 Å². The Morgan fingerprint density at radius 3 is 1.14 bits per heavy atom. The van der Waals surface area contributed by atoms with Crippen LogP contribution in [0.25, 0.3) is 11.1 Å². The fourth-order valence-corrected chi connectivity index (χ4v) is 9.39. The lowest BCUT2D eigenvalue weighted by atomic mass is 9.66. The molecule has 6 nitrogen and oxygen atoms in total. The number of benzene rings is 6. The maximum absolute atomic E-state index is 14.1. The van der Waals surface area contributed by atoms with Crippen LogP contribution < -0.4 is 8.37 Å². The van der Waals surface area contributed by atoms with Crippen LogP contribution in [0.15, 0.2) is 131 Å². The molecule has 6 aromatic rings. The average Bonchev–Trinajstić information content (AvgIpc) is 3.38. The summed E-state index contributed by atoms with van der Waals surface area (Å²) in [4.78, 5) is 0.0554. The highest BCUT2D eigenvalue weighted by atomic mass is 32.2. The van der Waals surface area contributed by atoms with Crippen molar-refractivity contribution in [1.29, 1.82) is 0 Å².